The maximum Gasteiger partial charge on any atom is 0.410 e. The predicted octanol–water partition coefficient (Wildman–Crippen LogP) is 2.48. The van der Waals surface area contributed by atoms with E-state index in [1.54, 1.807) is 0 Å². The van der Waals surface area contributed by atoms with E-state index < -0.39 is 11.6 Å². The summed E-state index contributed by atoms with van der Waals surface area (Å²) in [6.45, 7) is 11.4. The summed E-state index contributed by atoms with van der Waals surface area (Å²) in [5.74, 6) is 0.587. The van der Waals surface area contributed by atoms with Gasteiger partial charge in [-0.25, -0.2) is 4.79 Å². The molecule has 1 aromatic carbocycles. The summed E-state index contributed by atoms with van der Waals surface area (Å²) in [6, 6.07) is 8.97. The topological polar surface area (TPSA) is 79.1 Å². The minimum absolute atomic E-state index is 0.00604. The van der Waals surface area contributed by atoms with Crippen LogP contribution in [-0.4, -0.2) is 78.1 Å². The molecule has 7 heteroatoms. The number of piperazine rings is 1. The van der Waals surface area contributed by atoms with E-state index in [4.69, 9.17) is 10.5 Å². The van der Waals surface area contributed by atoms with Crippen LogP contribution >= 0.6 is 0 Å². The molecule has 166 valence electrons. The van der Waals surface area contributed by atoms with Gasteiger partial charge in [0.2, 0.25) is 5.91 Å². The van der Waals surface area contributed by atoms with Crippen molar-refractivity contribution in [2.75, 3.05) is 45.8 Å². The first-order chi connectivity index (χ1) is 14.2. The highest BCUT2D eigenvalue weighted by atomic mass is 16.6. The third-order valence-electron chi connectivity index (χ3n) is 5.89. The molecule has 7 nitrogen and oxygen atoms in total. The van der Waals surface area contributed by atoms with Gasteiger partial charge in [0.15, 0.2) is 0 Å². The molecule has 0 radical (unpaired) electrons. The molecule has 0 aliphatic carbocycles. The Bertz CT molecular complexity index is 703. The molecular formula is C23H36N4O3. The quantitative estimate of drug-likeness (QED) is 0.816. The molecule has 1 atom stereocenters. The van der Waals surface area contributed by atoms with Crippen molar-refractivity contribution in [3.8, 4) is 0 Å². The van der Waals surface area contributed by atoms with E-state index in [9.17, 15) is 9.59 Å². The first-order valence-electron chi connectivity index (χ1n) is 11.0. The summed E-state index contributed by atoms with van der Waals surface area (Å²) in [5, 5.41) is 0. The molecule has 0 spiro atoms. The fourth-order valence-electron chi connectivity index (χ4n) is 4.14. The van der Waals surface area contributed by atoms with Crippen molar-refractivity contribution in [3.63, 3.8) is 0 Å². The monoisotopic (exact) mass is 416 g/mol. The lowest BCUT2D eigenvalue weighted by Gasteiger charge is -2.39. The molecule has 2 N–H and O–H groups in total. The number of benzene rings is 1. The Morgan fingerprint density at radius 3 is 2.17 bits per heavy atom. The van der Waals surface area contributed by atoms with Gasteiger partial charge >= 0.3 is 6.09 Å². The van der Waals surface area contributed by atoms with Crippen molar-refractivity contribution in [1.82, 2.24) is 14.7 Å². The summed E-state index contributed by atoms with van der Waals surface area (Å²) < 4.78 is 5.48. The molecule has 2 fully saturated rings. The number of carbonyl (C=O) groups is 2. The van der Waals surface area contributed by atoms with Crippen LogP contribution in [0.4, 0.5) is 4.79 Å². The Hall–Kier alpha value is -2.12. The number of ether oxygens (including phenoxy) is 1. The lowest BCUT2D eigenvalue weighted by Crippen LogP contribution is -2.52. The van der Waals surface area contributed by atoms with Crippen LogP contribution in [-0.2, 0) is 9.53 Å². The molecule has 2 aliphatic heterocycles. The van der Waals surface area contributed by atoms with Gasteiger partial charge in [-0.05, 0) is 45.1 Å². The minimum Gasteiger partial charge on any atom is -0.444 e. The third kappa shape index (κ3) is 6.19. The highest BCUT2D eigenvalue weighted by Crippen LogP contribution is 2.22. The van der Waals surface area contributed by atoms with Crippen LogP contribution < -0.4 is 5.73 Å². The fourth-order valence-corrected chi connectivity index (χ4v) is 4.14. The van der Waals surface area contributed by atoms with Gasteiger partial charge in [0.1, 0.15) is 11.6 Å². The Labute approximate surface area is 180 Å². The van der Waals surface area contributed by atoms with Crippen LogP contribution in [0.5, 0.6) is 0 Å². The molecule has 2 amide bonds. The summed E-state index contributed by atoms with van der Waals surface area (Å²) in [7, 11) is 0. The van der Waals surface area contributed by atoms with Crippen molar-refractivity contribution < 1.29 is 14.3 Å². The predicted molar refractivity (Wildman–Crippen MR) is 117 cm³/mol. The maximum atomic E-state index is 12.7. The molecule has 0 aromatic heterocycles. The molecule has 0 saturated carbocycles. The van der Waals surface area contributed by atoms with Gasteiger partial charge in [-0.3, -0.25) is 9.69 Å². The molecule has 0 bridgehead atoms. The molecule has 0 unspecified atom stereocenters. The van der Waals surface area contributed by atoms with Gasteiger partial charge in [0.25, 0.3) is 0 Å². The normalized spacial score (nSPS) is 20.1. The summed E-state index contributed by atoms with van der Waals surface area (Å²) in [5.41, 5.74) is 6.59. The molecule has 2 saturated heterocycles. The van der Waals surface area contributed by atoms with Crippen molar-refractivity contribution in [1.29, 1.82) is 0 Å². The Balaban J connectivity index is 1.39. The zero-order valence-corrected chi connectivity index (χ0v) is 18.5. The fraction of sp³-hybridized carbons (Fsp3) is 0.652. The minimum atomic E-state index is -0.588. The number of hydrogen-bond acceptors (Lipinski definition) is 5. The van der Waals surface area contributed by atoms with Crippen LogP contribution in [0.2, 0.25) is 0 Å². The summed E-state index contributed by atoms with van der Waals surface area (Å²) >= 11 is 0. The summed E-state index contributed by atoms with van der Waals surface area (Å²) in [4.78, 5) is 31.1. The molecular weight excluding hydrogens is 380 g/mol. The number of likely N-dealkylation sites (tertiary alicyclic amines) is 1. The SMILES string of the molecule is CC(C)(C)OC(=O)N1CCC(CN2CCN(C(=O)[C@H](N)c3ccccc3)CC2)CC1. The number of rotatable bonds is 4. The van der Waals surface area contributed by atoms with Gasteiger partial charge in [-0.1, -0.05) is 30.3 Å². The van der Waals surface area contributed by atoms with Crippen LogP contribution in [0.15, 0.2) is 30.3 Å². The summed E-state index contributed by atoms with van der Waals surface area (Å²) in [6.07, 6.45) is 1.79. The highest BCUT2D eigenvalue weighted by Gasteiger charge is 2.30. The largest absolute Gasteiger partial charge is 0.444 e. The van der Waals surface area contributed by atoms with Gasteiger partial charge < -0.3 is 20.3 Å². The first-order valence-corrected chi connectivity index (χ1v) is 11.0. The molecule has 2 aliphatic rings. The van der Waals surface area contributed by atoms with E-state index in [1.165, 1.54) is 0 Å². The van der Waals surface area contributed by atoms with Crippen molar-refractivity contribution in [2.24, 2.45) is 11.7 Å². The second-order valence-corrected chi connectivity index (χ2v) is 9.43. The molecule has 3 rings (SSSR count). The Morgan fingerprint density at radius 1 is 1.00 bits per heavy atom. The lowest BCUT2D eigenvalue weighted by molar-refractivity contribution is -0.134. The van der Waals surface area contributed by atoms with E-state index in [2.05, 4.69) is 4.90 Å². The number of nitrogens with zero attached hydrogens (tertiary/aromatic N) is 3. The molecule has 1 aromatic rings. The van der Waals surface area contributed by atoms with Crippen LogP contribution in [0.3, 0.4) is 0 Å². The van der Waals surface area contributed by atoms with E-state index in [-0.39, 0.29) is 12.0 Å². The molecule has 2 heterocycles. The first kappa shape index (κ1) is 22.6. The van der Waals surface area contributed by atoms with E-state index in [0.717, 1.165) is 64.2 Å². The van der Waals surface area contributed by atoms with E-state index in [1.807, 2.05) is 60.9 Å². The standard InChI is InChI=1S/C23H36N4O3/c1-23(2,3)30-22(29)27-11-9-18(10-12-27)17-25-13-15-26(16-14-25)21(28)20(24)19-7-5-4-6-8-19/h4-8,18,20H,9-17,24H2,1-3H3/t20-/m1/s1. The smallest absolute Gasteiger partial charge is 0.410 e. The number of carbonyl (C=O) groups excluding carboxylic acids is 2. The van der Waals surface area contributed by atoms with Crippen LogP contribution in [0.25, 0.3) is 0 Å². The van der Waals surface area contributed by atoms with Crippen LogP contribution in [0.1, 0.15) is 45.2 Å². The van der Waals surface area contributed by atoms with Gasteiger partial charge in [0, 0.05) is 45.8 Å². The Kier molecular flexibility index (Phi) is 7.36. The zero-order chi connectivity index (χ0) is 21.7. The average molecular weight is 417 g/mol. The lowest BCUT2D eigenvalue weighted by atomic mass is 9.96. The van der Waals surface area contributed by atoms with Crippen molar-refractivity contribution in [3.05, 3.63) is 35.9 Å². The van der Waals surface area contributed by atoms with Gasteiger partial charge in [-0.2, -0.15) is 0 Å². The van der Waals surface area contributed by atoms with Gasteiger partial charge in [-0.15, -0.1) is 0 Å². The Morgan fingerprint density at radius 2 is 1.60 bits per heavy atom. The third-order valence-corrected chi connectivity index (χ3v) is 5.89. The van der Waals surface area contributed by atoms with Crippen molar-refractivity contribution in [2.45, 2.75) is 45.3 Å². The van der Waals surface area contributed by atoms with E-state index in [0.29, 0.717) is 5.92 Å². The second-order valence-electron chi connectivity index (χ2n) is 9.43. The van der Waals surface area contributed by atoms with E-state index >= 15 is 0 Å². The zero-order valence-electron chi connectivity index (χ0n) is 18.5. The number of nitrogens with two attached hydrogens (primary N) is 1. The highest BCUT2D eigenvalue weighted by molar-refractivity contribution is 5.83. The van der Waals surface area contributed by atoms with Crippen LogP contribution in [0, 0.1) is 5.92 Å². The number of piperidine rings is 1. The maximum absolute atomic E-state index is 12.7. The number of amides is 2. The number of hydrogen-bond donors (Lipinski definition) is 1. The van der Waals surface area contributed by atoms with Crippen molar-refractivity contribution >= 4 is 12.0 Å². The second kappa shape index (κ2) is 9.79. The van der Waals surface area contributed by atoms with Gasteiger partial charge in [0.05, 0.1) is 0 Å². The average Bonchev–Trinajstić information content (AvgIpc) is 2.73. The molecule has 30 heavy (non-hydrogen) atoms.